The molecular formula is C13H17N5O3. The Bertz CT molecular complexity index is 640. The predicted molar refractivity (Wildman–Crippen MR) is 75.3 cm³/mol. The summed E-state index contributed by atoms with van der Waals surface area (Å²) in [5.74, 6) is -0.367. The molecule has 0 aliphatic heterocycles. The fourth-order valence-electron chi connectivity index (χ4n) is 2.15. The van der Waals surface area contributed by atoms with Crippen LogP contribution in [-0.4, -0.2) is 40.6 Å². The van der Waals surface area contributed by atoms with Crippen LogP contribution in [0.2, 0.25) is 0 Å². The molecule has 0 radical (unpaired) electrons. The van der Waals surface area contributed by atoms with Crippen molar-refractivity contribution < 1.29 is 14.3 Å². The van der Waals surface area contributed by atoms with Crippen LogP contribution in [0, 0.1) is 0 Å². The van der Waals surface area contributed by atoms with Gasteiger partial charge < -0.3 is 15.8 Å². The van der Waals surface area contributed by atoms with Gasteiger partial charge in [-0.15, -0.1) is 0 Å². The molecule has 21 heavy (non-hydrogen) atoms. The number of aromatic amines is 1. The van der Waals surface area contributed by atoms with E-state index in [2.05, 4.69) is 20.7 Å². The monoisotopic (exact) mass is 291 g/mol. The van der Waals surface area contributed by atoms with Crippen LogP contribution in [0.15, 0.2) is 18.2 Å². The number of hydrogen-bond acceptors (Lipinski definition) is 5. The van der Waals surface area contributed by atoms with Crippen molar-refractivity contribution in [3.63, 3.8) is 0 Å². The number of carbonyl (C=O) groups excluding carboxylic acids is 2. The van der Waals surface area contributed by atoms with Crippen LogP contribution in [0.3, 0.4) is 0 Å². The molecule has 1 atom stereocenters. The van der Waals surface area contributed by atoms with Crippen LogP contribution in [0.5, 0.6) is 0 Å². The number of ether oxygens (including phenoxy) is 1. The van der Waals surface area contributed by atoms with Crippen LogP contribution in [0.1, 0.15) is 18.4 Å². The summed E-state index contributed by atoms with van der Waals surface area (Å²) < 4.78 is 4.81. The minimum Gasteiger partial charge on any atom is -0.436 e. The Morgan fingerprint density at radius 3 is 2.95 bits per heavy atom. The van der Waals surface area contributed by atoms with E-state index in [1.165, 1.54) is 7.05 Å². The van der Waals surface area contributed by atoms with Crippen LogP contribution in [-0.2, 0) is 16.0 Å². The second-order valence-electron chi connectivity index (χ2n) is 4.54. The van der Waals surface area contributed by atoms with Gasteiger partial charge in [0.05, 0.1) is 0 Å². The molecule has 1 heterocycles. The lowest BCUT2D eigenvalue weighted by Gasteiger charge is -2.14. The lowest BCUT2D eigenvalue weighted by Crippen LogP contribution is -2.37. The van der Waals surface area contributed by atoms with E-state index in [0.29, 0.717) is 19.3 Å². The van der Waals surface area contributed by atoms with Crippen LogP contribution >= 0.6 is 0 Å². The Kier molecular flexibility index (Phi) is 4.70. The van der Waals surface area contributed by atoms with Gasteiger partial charge in [-0.1, -0.05) is 12.1 Å². The lowest BCUT2D eigenvalue weighted by atomic mass is 10.0. The van der Waals surface area contributed by atoms with E-state index in [0.717, 1.165) is 16.6 Å². The zero-order chi connectivity index (χ0) is 15.2. The Labute approximate surface area is 121 Å². The third-order valence-electron chi connectivity index (χ3n) is 3.14. The molecular weight excluding hydrogens is 274 g/mol. The molecule has 4 N–H and O–H groups in total. The SMILES string of the molecule is CNC(=O)C(CCCc1cccc2n[nH]nc12)OC(N)=O. The Morgan fingerprint density at radius 1 is 1.43 bits per heavy atom. The van der Waals surface area contributed by atoms with E-state index in [1.807, 2.05) is 18.2 Å². The lowest BCUT2D eigenvalue weighted by molar-refractivity contribution is -0.129. The largest absolute Gasteiger partial charge is 0.436 e. The first-order valence-corrected chi connectivity index (χ1v) is 6.58. The average Bonchev–Trinajstić information content (AvgIpc) is 2.94. The number of carbonyl (C=O) groups is 2. The van der Waals surface area contributed by atoms with Crippen LogP contribution in [0.25, 0.3) is 11.0 Å². The highest BCUT2D eigenvalue weighted by Gasteiger charge is 2.20. The zero-order valence-corrected chi connectivity index (χ0v) is 11.6. The standard InChI is InChI=1S/C13H17N5O3/c1-15-12(19)10(21-13(14)20)7-3-5-8-4-2-6-9-11(8)17-18-16-9/h2,4,6,10H,3,5,7H2,1H3,(H2,14,20)(H,15,19)(H,16,17,18). The smallest absolute Gasteiger partial charge is 0.405 e. The second kappa shape index (κ2) is 6.69. The van der Waals surface area contributed by atoms with E-state index >= 15 is 0 Å². The molecule has 112 valence electrons. The molecule has 0 bridgehead atoms. The van der Waals surface area contributed by atoms with Gasteiger partial charge in [-0.25, -0.2) is 4.79 Å². The third kappa shape index (κ3) is 3.68. The number of nitrogens with one attached hydrogen (secondary N) is 2. The number of amides is 2. The second-order valence-corrected chi connectivity index (χ2v) is 4.54. The van der Waals surface area contributed by atoms with Gasteiger partial charge in [0.1, 0.15) is 11.0 Å². The molecule has 0 aliphatic carbocycles. The van der Waals surface area contributed by atoms with Gasteiger partial charge in [-0.3, -0.25) is 4.79 Å². The van der Waals surface area contributed by atoms with Crippen LogP contribution in [0.4, 0.5) is 4.79 Å². The summed E-state index contributed by atoms with van der Waals surface area (Å²) in [6.45, 7) is 0. The van der Waals surface area contributed by atoms with E-state index in [-0.39, 0.29) is 5.91 Å². The summed E-state index contributed by atoms with van der Waals surface area (Å²) in [6, 6.07) is 5.72. The molecule has 1 unspecified atom stereocenters. The van der Waals surface area contributed by atoms with Gasteiger partial charge in [-0.05, 0) is 30.9 Å². The Hall–Kier alpha value is -2.64. The molecule has 1 aromatic heterocycles. The number of primary amides is 1. The van der Waals surface area contributed by atoms with Gasteiger partial charge in [0, 0.05) is 7.05 Å². The number of para-hydroxylation sites is 1. The summed E-state index contributed by atoms with van der Waals surface area (Å²) in [4.78, 5) is 22.4. The molecule has 0 aliphatic rings. The van der Waals surface area contributed by atoms with E-state index in [4.69, 9.17) is 10.5 Å². The van der Waals surface area contributed by atoms with Gasteiger partial charge >= 0.3 is 6.09 Å². The van der Waals surface area contributed by atoms with Crippen molar-refractivity contribution in [1.29, 1.82) is 0 Å². The number of hydrogen-bond donors (Lipinski definition) is 3. The number of likely N-dealkylation sites (N-methyl/N-ethyl adjacent to an activating group) is 1. The number of benzene rings is 1. The van der Waals surface area contributed by atoms with Crippen LogP contribution < -0.4 is 11.1 Å². The summed E-state index contributed by atoms with van der Waals surface area (Å²) in [5.41, 5.74) is 7.59. The topological polar surface area (TPSA) is 123 Å². The van der Waals surface area contributed by atoms with Crippen molar-refractivity contribution in [2.24, 2.45) is 5.73 Å². The van der Waals surface area contributed by atoms with Crippen molar-refractivity contribution in [3.8, 4) is 0 Å². The maximum atomic E-state index is 11.6. The number of rotatable bonds is 6. The summed E-state index contributed by atoms with van der Waals surface area (Å²) >= 11 is 0. The minimum absolute atomic E-state index is 0.367. The first-order chi connectivity index (χ1) is 10.1. The van der Waals surface area contributed by atoms with E-state index < -0.39 is 12.2 Å². The number of aryl methyl sites for hydroxylation is 1. The van der Waals surface area contributed by atoms with Gasteiger partial charge in [0.15, 0.2) is 6.10 Å². The fraction of sp³-hybridized carbons (Fsp3) is 0.385. The molecule has 8 heteroatoms. The first kappa shape index (κ1) is 14.8. The normalized spacial score (nSPS) is 12.0. The highest BCUT2D eigenvalue weighted by atomic mass is 16.6. The number of H-pyrrole nitrogens is 1. The maximum absolute atomic E-state index is 11.6. The first-order valence-electron chi connectivity index (χ1n) is 6.58. The molecule has 2 aromatic rings. The maximum Gasteiger partial charge on any atom is 0.405 e. The summed E-state index contributed by atoms with van der Waals surface area (Å²) in [6.07, 6.45) is -0.0977. The average molecular weight is 291 g/mol. The van der Waals surface area contributed by atoms with Crippen molar-refractivity contribution in [3.05, 3.63) is 23.8 Å². The fourth-order valence-corrected chi connectivity index (χ4v) is 2.15. The Morgan fingerprint density at radius 2 is 2.24 bits per heavy atom. The number of aromatic nitrogens is 3. The summed E-state index contributed by atoms with van der Waals surface area (Å²) in [5, 5.41) is 13.1. The van der Waals surface area contributed by atoms with Gasteiger partial charge in [0.25, 0.3) is 5.91 Å². The minimum atomic E-state index is -0.956. The van der Waals surface area contributed by atoms with Gasteiger partial charge in [-0.2, -0.15) is 15.4 Å². The molecule has 8 nitrogen and oxygen atoms in total. The highest BCUT2D eigenvalue weighted by Crippen LogP contribution is 2.16. The molecule has 0 saturated heterocycles. The van der Waals surface area contributed by atoms with Crippen molar-refractivity contribution in [2.45, 2.75) is 25.4 Å². The van der Waals surface area contributed by atoms with E-state index in [9.17, 15) is 9.59 Å². The molecule has 2 amide bonds. The molecule has 0 saturated carbocycles. The number of nitrogens with zero attached hydrogens (tertiary/aromatic N) is 2. The predicted octanol–water partition coefficient (Wildman–Crippen LogP) is 0.490. The number of nitrogens with two attached hydrogens (primary N) is 1. The molecule has 1 aromatic carbocycles. The molecule has 2 rings (SSSR count). The van der Waals surface area contributed by atoms with Gasteiger partial charge in [0.2, 0.25) is 0 Å². The Balaban J connectivity index is 1.97. The quantitative estimate of drug-likeness (QED) is 0.714. The molecule has 0 spiro atoms. The summed E-state index contributed by atoms with van der Waals surface area (Å²) in [7, 11) is 1.48. The number of fused-ring (bicyclic) bond motifs is 1. The van der Waals surface area contributed by atoms with Crippen molar-refractivity contribution in [1.82, 2.24) is 20.7 Å². The highest BCUT2D eigenvalue weighted by molar-refractivity contribution is 5.82. The third-order valence-corrected chi connectivity index (χ3v) is 3.14. The van der Waals surface area contributed by atoms with Crippen molar-refractivity contribution in [2.75, 3.05) is 7.05 Å². The van der Waals surface area contributed by atoms with Crippen molar-refractivity contribution >= 4 is 23.0 Å². The zero-order valence-electron chi connectivity index (χ0n) is 11.6. The van der Waals surface area contributed by atoms with E-state index in [1.54, 1.807) is 0 Å². The molecule has 0 fully saturated rings.